The van der Waals surface area contributed by atoms with Gasteiger partial charge in [0.05, 0.1) is 0 Å². The molecule has 0 aromatic heterocycles. The van der Waals surface area contributed by atoms with Crippen molar-refractivity contribution in [3.63, 3.8) is 0 Å². The van der Waals surface area contributed by atoms with E-state index in [9.17, 15) is 0 Å². The molecule has 0 saturated carbocycles. The maximum atomic E-state index is 3.58. The molecule has 1 heteroatoms. The van der Waals surface area contributed by atoms with Crippen LogP contribution in [0, 0.1) is 0 Å². The molecular formula is C12H14O. The van der Waals surface area contributed by atoms with Crippen LogP contribution in [0.3, 0.4) is 0 Å². The Bertz CT molecular complexity index is 283. The lowest BCUT2D eigenvalue weighted by Gasteiger charge is -1.87. The Morgan fingerprint density at radius 3 is 2.23 bits per heavy atom. The Morgan fingerprint density at radius 2 is 1.62 bits per heavy atom. The van der Waals surface area contributed by atoms with E-state index in [2.05, 4.69) is 24.8 Å². The van der Waals surface area contributed by atoms with Crippen LogP contribution in [0.2, 0.25) is 0 Å². The van der Waals surface area contributed by atoms with Gasteiger partial charge in [0.25, 0.3) is 0 Å². The lowest BCUT2D eigenvalue weighted by Crippen LogP contribution is -1.66. The van der Waals surface area contributed by atoms with Gasteiger partial charge >= 0.3 is 0 Å². The Labute approximate surface area is 79.0 Å². The van der Waals surface area contributed by atoms with Crippen molar-refractivity contribution in [3.8, 4) is 0 Å². The van der Waals surface area contributed by atoms with E-state index >= 15 is 0 Å². The third-order valence-corrected chi connectivity index (χ3v) is 1.45. The second-order valence-corrected chi connectivity index (χ2v) is 2.39. The summed E-state index contributed by atoms with van der Waals surface area (Å²) in [6.45, 7) is 3.58. The van der Waals surface area contributed by atoms with Gasteiger partial charge in [0.15, 0.2) is 0 Å². The van der Waals surface area contributed by atoms with Crippen LogP contribution in [0.5, 0.6) is 0 Å². The van der Waals surface area contributed by atoms with E-state index in [1.807, 2.05) is 36.4 Å². The molecule has 0 amide bonds. The van der Waals surface area contributed by atoms with Gasteiger partial charge < -0.3 is 5.48 Å². The Balaban J connectivity index is 0.00000144. The zero-order valence-corrected chi connectivity index (χ0v) is 7.48. The summed E-state index contributed by atoms with van der Waals surface area (Å²) in [7, 11) is 0. The maximum absolute atomic E-state index is 3.58. The number of hydrogen-bond acceptors (Lipinski definition) is 0. The number of benzene rings is 1. The summed E-state index contributed by atoms with van der Waals surface area (Å²) in [5.74, 6) is 0. The van der Waals surface area contributed by atoms with Gasteiger partial charge in [-0.2, -0.15) is 0 Å². The summed E-state index contributed by atoms with van der Waals surface area (Å²) in [4.78, 5) is 0. The summed E-state index contributed by atoms with van der Waals surface area (Å²) in [6, 6.07) is 10.2. The average molecular weight is 174 g/mol. The molecule has 0 aliphatic heterocycles. The predicted molar refractivity (Wildman–Crippen MR) is 58.4 cm³/mol. The second kappa shape index (κ2) is 7.07. The van der Waals surface area contributed by atoms with E-state index in [1.54, 1.807) is 6.08 Å². The minimum absolute atomic E-state index is 0. The van der Waals surface area contributed by atoms with Gasteiger partial charge in [0.1, 0.15) is 0 Å². The monoisotopic (exact) mass is 174 g/mol. The largest absolute Gasteiger partial charge is 0.412 e. The number of rotatable bonds is 3. The topological polar surface area (TPSA) is 31.5 Å². The van der Waals surface area contributed by atoms with Crippen molar-refractivity contribution in [3.05, 3.63) is 66.8 Å². The van der Waals surface area contributed by atoms with E-state index in [-0.39, 0.29) is 5.48 Å². The molecule has 2 N–H and O–H groups in total. The van der Waals surface area contributed by atoms with Gasteiger partial charge in [0.2, 0.25) is 0 Å². The number of allylic oxidation sites excluding steroid dienone is 4. The zero-order chi connectivity index (χ0) is 8.65. The first kappa shape index (κ1) is 11.4. The summed E-state index contributed by atoms with van der Waals surface area (Å²) in [5, 5.41) is 0. The van der Waals surface area contributed by atoms with Crippen LogP contribution in [0.15, 0.2) is 61.2 Å². The molecule has 0 atom stereocenters. The third-order valence-electron chi connectivity index (χ3n) is 1.45. The Morgan fingerprint density at radius 1 is 0.923 bits per heavy atom. The fourth-order valence-electron chi connectivity index (χ4n) is 0.874. The fraction of sp³-hybridized carbons (Fsp3) is 0. The molecule has 1 rings (SSSR count). The Kier molecular flexibility index (Phi) is 6.20. The lowest BCUT2D eigenvalue weighted by molar-refractivity contribution is 0.824. The molecule has 0 aliphatic carbocycles. The molecule has 0 spiro atoms. The van der Waals surface area contributed by atoms with Crippen molar-refractivity contribution in [2.45, 2.75) is 0 Å². The van der Waals surface area contributed by atoms with Crippen LogP contribution in [-0.4, -0.2) is 5.48 Å². The molecule has 0 aliphatic rings. The van der Waals surface area contributed by atoms with Crippen LogP contribution in [0.4, 0.5) is 0 Å². The van der Waals surface area contributed by atoms with Crippen molar-refractivity contribution in [1.82, 2.24) is 0 Å². The van der Waals surface area contributed by atoms with Gasteiger partial charge in [0, 0.05) is 0 Å². The minimum Gasteiger partial charge on any atom is -0.412 e. The lowest BCUT2D eigenvalue weighted by atomic mass is 10.2. The molecule has 0 radical (unpaired) electrons. The fourth-order valence-corrected chi connectivity index (χ4v) is 0.874. The highest BCUT2D eigenvalue weighted by Gasteiger charge is 1.78. The van der Waals surface area contributed by atoms with E-state index in [0.717, 1.165) is 0 Å². The normalized spacial score (nSPS) is 10.2. The molecule has 0 fully saturated rings. The van der Waals surface area contributed by atoms with Gasteiger partial charge in [-0.3, -0.25) is 0 Å². The molecule has 13 heavy (non-hydrogen) atoms. The molecule has 1 aromatic rings. The van der Waals surface area contributed by atoms with Crippen molar-refractivity contribution in [2.24, 2.45) is 0 Å². The summed E-state index contributed by atoms with van der Waals surface area (Å²) in [6.07, 6.45) is 9.67. The van der Waals surface area contributed by atoms with Crippen LogP contribution in [0.25, 0.3) is 6.08 Å². The molecule has 1 aromatic carbocycles. The van der Waals surface area contributed by atoms with Gasteiger partial charge in [-0.1, -0.05) is 67.3 Å². The van der Waals surface area contributed by atoms with Crippen LogP contribution >= 0.6 is 0 Å². The quantitative estimate of drug-likeness (QED) is 0.631. The van der Waals surface area contributed by atoms with E-state index in [4.69, 9.17) is 0 Å². The van der Waals surface area contributed by atoms with E-state index in [1.165, 1.54) is 5.56 Å². The van der Waals surface area contributed by atoms with Crippen LogP contribution in [0.1, 0.15) is 5.56 Å². The van der Waals surface area contributed by atoms with Crippen molar-refractivity contribution < 1.29 is 5.48 Å². The van der Waals surface area contributed by atoms with Crippen molar-refractivity contribution in [1.29, 1.82) is 0 Å². The first-order valence-electron chi connectivity index (χ1n) is 3.94. The minimum atomic E-state index is 0. The highest BCUT2D eigenvalue weighted by molar-refractivity contribution is 5.50. The highest BCUT2D eigenvalue weighted by atomic mass is 16.0. The van der Waals surface area contributed by atoms with Gasteiger partial charge in [-0.05, 0) is 5.56 Å². The molecule has 0 unspecified atom stereocenters. The average Bonchev–Trinajstić information content (AvgIpc) is 2.14. The van der Waals surface area contributed by atoms with Crippen molar-refractivity contribution >= 4 is 6.08 Å². The molecule has 68 valence electrons. The van der Waals surface area contributed by atoms with Crippen molar-refractivity contribution in [2.75, 3.05) is 0 Å². The van der Waals surface area contributed by atoms with Crippen LogP contribution < -0.4 is 0 Å². The zero-order valence-electron chi connectivity index (χ0n) is 7.48. The molecule has 0 bridgehead atoms. The summed E-state index contributed by atoms with van der Waals surface area (Å²) in [5.41, 5.74) is 1.21. The third kappa shape index (κ3) is 4.77. The number of hydrogen-bond donors (Lipinski definition) is 0. The van der Waals surface area contributed by atoms with Gasteiger partial charge in [-0.15, -0.1) is 0 Å². The molecule has 0 heterocycles. The summed E-state index contributed by atoms with van der Waals surface area (Å²) >= 11 is 0. The first-order chi connectivity index (χ1) is 5.93. The molecule has 0 saturated heterocycles. The maximum Gasteiger partial charge on any atom is -0.0257 e. The molecule has 1 nitrogen and oxygen atoms in total. The predicted octanol–water partition coefficient (Wildman–Crippen LogP) is 2.62. The summed E-state index contributed by atoms with van der Waals surface area (Å²) < 4.78 is 0. The van der Waals surface area contributed by atoms with E-state index in [0.29, 0.717) is 0 Å². The SMILES string of the molecule is C=CC=CC=Cc1ccccc1.O. The standard InChI is InChI=1S/C12H12.H2O/c1-2-3-4-6-9-12-10-7-5-8-11-12;/h2-11H,1H2;1H2. The van der Waals surface area contributed by atoms with E-state index < -0.39 is 0 Å². The smallest absolute Gasteiger partial charge is 0.0257 e. The van der Waals surface area contributed by atoms with Crippen LogP contribution in [-0.2, 0) is 0 Å². The molecular weight excluding hydrogens is 160 g/mol. The second-order valence-electron chi connectivity index (χ2n) is 2.39. The highest BCUT2D eigenvalue weighted by Crippen LogP contribution is 2.00. The first-order valence-corrected chi connectivity index (χ1v) is 3.94. The Hall–Kier alpha value is -1.60. The van der Waals surface area contributed by atoms with Gasteiger partial charge in [-0.25, -0.2) is 0 Å².